The van der Waals surface area contributed by atoms with Crippen LogP contribution >= 0.6 is 0 Å². The van der Waals surface area contributed by atoms with Gasteiger partial charge in [0.25, 0.3) is 0 Å². The highest BCUT2D eigenvalue weighted by molar-refractivity contribution is 5.96. The first-order chi connectivity index (χ1) is 18.0. The van der Waals surface area contributed by atoms with E-state index in [4.69, 9.17) is 4.74 Å². The molecule has 0 amide bonds. The second-order valence-corrected chi connectivity index (χ2v) is 9.03. The molecule has 6 nitrogen and oxygen atoms in total. The van der Waals surface area contributed by atoms with Crippen molar-refractivity contribution in [3.05, 3.63) is 101 Å². The van der Waals surface area contributed by atoms with Gasteiger partial charge in [-0.3, -0.25) is 4.79 Å². The Labute approximate surface area is 219 Å². The minimum absolute atomic E-state index is 0.282. The average molecular weight is 500 g/mol. The number of hydrogen-bond donors (Lipinski definition) is 2. The second kappa shape index (κ2) is 14.1. The summed E-state index contributed by atoms with van der Waals surface area (Å²) < 4.78 is 7.32. The summed E-state index contributed by atoms with van der Waals surface area (Å²) in [6.07, 6.45) is 3.01. The predicted octanol–water partition coefficient (Wildman–Crippen LogP) is 5.74. The van der Waals surface area contributed by atoms with Crippen LogP contribution < -0.4 is 10.6 Å². The predicted molar refractivity (Wildman–Crippen MR) is 151 cm³/mol. The average Bonchev–Trinajstić information content (AvgIpc) is 3.30. The van der Waals surface area contributed by atoms with Gasteiger partial charge < -0.3 is 19.9 Å². The molecule has 3 aromatic carbocycles. The first-order valence-corrected chi connectivity index (χ1v) is 12.8. The van der Waals surface area contributed by atoms with E-state index in [-0.39, 0.29) is 5.97 Å². The number of carbonyl (C=O) groups excluding carboxylic acids is 2. The third-order valence-electron chi connectivity index (χ3n) is 6.04. The molecule has 0 aliphatic rings. The lowest BCUT2D eigenvalue weighted by Crippen LogP contribution is -2.24. The highest BCUT2D eigenvalue weighted by Crippen LogP contribution is 2.26. The largest absolute Gasteiger partial charge is 0.462 e. The molecular weight excluding hydrogens is 462 g/mol. The topological polar surface area (TPSA) is 72.4 Å². The fourth-order valence-electron chi connectivity index (χ4n) is 3.98. The number of likely N-dealkylation sites (N-methyl/N-ethyl adjacent to an activating group) is 1. The van der Waals surface area contributed by atoms with Gasteiger partial charge in [-0.1, -0.05) is 56.3 Å². The van der Waals surface area contributed by atoms with Crippen LogP contribution in [0.25, 0.3) is 16.6 Å². The summed E-state index contributed by atoms with van der Waals surface area (Å²) in [5.74, 6) is 0.256. The smallest absolute Gasteiger partial charge is 0.338 e. The van der Waals surface area contributed by atoms with Crippen LogP contribution in [0, 0.1) is 0 Å². The van der Waals surface area contributed by atoms with Crippen molar-refractivity contribution in [1.82, 2.24) is 15.2 Å². The maximum atomic E-state index is 12.1. The fourth-order valence-corrected chi connectivity index (χ4v) is 3.98. The number of rotatable bonds is 10. The van der Waals surface area contributed by atoms with Gasteiger partial charge >= 0.3 is 5.97 Å². The normalized spacial score (nSPS) is 10.7. The SMILES string of the molecule is CC(C)c1ccc(C=O)cc1.CCOC(=O)c1ccc2c(c1)c(CNCCNC)cn2-c1ccccc1. The van der Waals surface area contributed by atoms with Gasteiger partial charge in [-0.15, -0.1) is 0 Å². The molecule has 0 bridgehead atoms. The van der Waals surface area contributed by atoms with Crippen molar-refractivity contribution in [3.8, 4) is 5.69 Å². The molecule has 37 heavy (non-hydrogen) atoms. The Hall–Kier alpha value is -3.74. The Morgan fingerprint density at radius 1 is 1.00 bits per heavy atom. The Bertz CT molecular complexity index is 1280. The van der Waals surface area contributed by atoms with Gasteiger partial charge in [-0.2, -0.15) is 0 Å². The van der Waals surface area contributed by atoms with Crippen LogP contribution in [0.4, 0.5) is 0 Å². The van der Waals surface area contributed by atoms with E-state index in [2.05, 4.69) is 47.4 Å². The number of nitrogens with zero attached hydrogens (tertiary/aromatic N) is 1. The maximum absolute atomic E-state index is 12.1. The number of carbonyl (C=O) groups is 2. The van der Waals surface area contributed by atoms with E-state index >= 15 is 0 Å². The number of ether oxygens (including phenoxy) is 1. The number of fused-ring (bicyclic) bond motifs is 1. The molecule has 0 aliphatic heterocycles. The van der Waals surface area contributed by atoms with Crippen LogP contribution in [0.15, 0.2) is 79.0 Å². The first-order valence-electron chi connectivity index (χ1n) is 12.8. The highest BCUT2D eigenvalue weighted by Gasteiger charge is 2.14. The number of aromatic nitrogens is 1. The molecule has 0 atom stereocenters. The van der Waals surface area contributed by atoms with Crippen molar-refractivity contribution in [2.45, 2.75) is 33.2 Å². The Balaban J connectivity index is 0.000000289. The molecule has 0 aliphatic carbocycles. The first kappa shape index (κ1) is 27.8. The van der Waals surface area contributed by atoms with Gasteiger partial charge in [0.05, 0.1) is 17.7 Å². The maximum Gasteiger partial charge on any atom is 0.338 e. The van der Waals surface area contributed by atoms with Gasteiger partial charge in [0.15, 0.2) is 0 Å². The van der Waals surface area contributed by atoms with E-state index < -0.39 is 0 Å². The van der Waals surface area contributed by atoms with Crippen LogP contribution in [0.5, 0.6) is 0 Å². The minimum atomic E-state index is -0.282. The lowest BCUT2D eigenvalue weighted by atomic mass is 10.0. The highest BCUT2D eigenvalue weighted by atomic mass is 16.5. The Morgan fingerprint density at radius 3 is 2.35 bits per heavy atom. The molecule has 4 rings (SSSR count). The third kappa shape index (κ3) is 7.62. The number of nitrogens with one attached hydrogen (secondary N) is 2. The van der Waals surface area contributed by atoms with E-state index in [1.54, 1.807) is 0 Å². The summed E-state index contributed by atoms with van der Waals surface area (Å²) in [4.78, 5) is 22.4. The summed E-state index contributed by atoms with van der Waals surface area (Å²) in [5, 5.41) is 7.64. The summed E-state index contributed by atoms with van der Waals surface area (Å²) in [5.41, 5.74) is 5.94. The third-order valence-corrected chi connectivity index (χ3v) is 6.04. The quantitative estimate of drug-likeness (QED) is 0.165. The van der Waals surface area contributed by atoms with Crippen molar-refractivity contribution in [2.75, 3.05) is 26.7 Å². The van der Waals surface area contributed by atoms with Crippen LogP contribution in [0.1, 0.15) is 58.5 Å². The van der Waals surface area contributed by atoms with Crippen molar-refractivity contribution in [3.63, 3.8) is 0 Å². The van der Waals surface area contributed by atoms with Crippen molar-refractivity contribution >= 4 is 23.2 Å². The molecule has 0 unspecified atom stereocenters. The zero-order chi connectivity index (χ0) is 26.6. The number of aldehydes is 1. The molecule has 0 spiro atoms. The van der Waals surface area contributed by atoms with E-state index in [0.717, 1.165) is 53.6 Å². The molecule has 0 fully saturated rings. The van der Waals surface area contributed by atoms with Crippen molar-refractivity contribution in [1.29, 1.82) is 0 Å². The summed E-state index contributed by atoms with van der Waals surface area (Å²) >= 11 is 0. The Kier molecular flexibility index (Phi) is 10.6. The fraction of sp³-hybridized carbons (Fsp3) is 0.290. The number of para-hydroxylation sites is 1. The van der Waals surface area contributed by atoms with Gasteiger partial charge in [0, 0.05) is 42.5 Å². The van der Waals surface area contributed by atoms with Crippen LogP contribution in [0.3, 0.4) is 0 Å². The molecule has 2 N–H and O–H groups in total. The Morgan fingerprint density at radius 2 is 1.73 bits per heavy atom. The number of hydrogen-bond acceptors (Lipinski definition) is 5. The summed E-state index contributed by atoms with van der Waals surface area (Å²) in [6, 6.07) is 23.7. The van der Waals surface area contributed by atoms with E-state index in [1.165, 1.54) is 5.56 Å². The van der Waals surface area contributed by atoms with Gasteiger partial charge in [-0.25, -0.2) is 4.79 Å². The number of esters is 1. The summed E-state index contributed by atoms with van der Waals surface area (Å²) in [7, 11) is 1.94. The molecule has 6 heteroatoms. The van der Waals surface area contributed by atoms with Crippen molar-refractivity contribution < 1.29 is 14.3 Å². The molecule has 4 aromatic rings. The van der Waals surface area contributed by atoms with Gasteiger partial charge in [0.1, 0.15) is 6.29 Å². The van der Waals surface area contributed by atoms with Crippen molar-refractivity contribution in [2.24, 2.45) is 0 Å². The van der Waals surface area contributed by atoms with E-state index in [1.807, 2.05) is 74.6 Å². The van der Waals surface area contributed by atoms with Crippen LogP contribution in [-0.4, -0.2) is 43.6 Å². The molecular formula is C31H37N3O3. The van der Waals surface area contributed by atoms with Crippen LogP contribution in [-0.2, 0) is 11.3 Å². The van der Waals surface area contributed by atoms with E-state index in [9.17, 15) is 9.59 Å². The summed E-state index contributed by atoms with van der Waals surface area (Å²) in [6.45, 7) is 8.99. The molecule has 0 saturated heterocycles. The molecule has 0 saturated carbocycles. The van der Waals surface area contributed by atoms with Crippen LogP contribution in [0.2, 0.25) is 0 Å². The molecule has 194 valence electrons. The number of benzene rings is 3. The van der Waals surface area contributed by atoms with Gasteiger partial charge in [-0.05, 0) is 61.3 Å². The lowest BCUT2D eigenvalue weighted by Gasteiger charge is -2.06. The monoisotopic (exact) mass is 499 g/mol. The molecule has 0 radical (unpaired) electrons. The lowest BCUT2D eigenvalue weighted by molar-refractivity contribution is 0.0526. The molecule has 1 heterocycles. The molecule has 1 aromatic heterocycles. The standard InChI is InChI=1S/C21H25N3O2.C10H12O/c1-3-26-21(25)16-9-10-20-19(13-16)17(14-23-12-11-22-2)15-24(20)18-7-5-4-6-8-18;1-8(2)10-5-3-9(7-11)4-6-10/h4-10,13,15,22-23H,3,11-12,14H2,1-2H3;3-8H,1-2H3. The zero-order valence-electron chi connectivity index (χ0n) is 22.2. The minimum Gasteiger partial charge on any atom is -0.462 e. The van der Waals surface area contributed by atoms with E-state index in [0.29, 0.717) is 18.1 Å². The second-order valence-electron chi connectivity index (χ2n) is 9.03. The van der Waals surface area contributed by atoms with Gasteiger partial charge in [0.2, 0.25) is 0 Å². The zero-order valence-corrected chi connectivity index (χ0v) is 22.2.